The highest BCUT2D eigenvalue weighted by Crippen LogP contribution is 2.27. The lowest BCUT2D eigenvalue weighted by molar-refractivity contribution is 0.0437. The maximum atomic E-state index is 11.8. The zero-order chi connectivity index (χ0) is 15.7. The van der Waals surface area contributed by atoms with Crippen molar-refractivity contribution in [3.05, 3.63) is 63.9 Å². The van der Waals surface area contributed by atoms with Crippen LogP contribution in [0.5, 0.6) is 5.75 Å². The molecule has 1 aromatic carbocycles. The molecular weight excluding hydrogens is 288 g/mol. The summed E-state index contributed by atoms with van der Waals surface area (Å²) in [7, 11) is 0. The van der Waals surface area contributed by atoms with Crippen LogP contribution in [0.3, 0.4) is 0 Å². The van der Waals surface area contributed by atoms with Gasteiger partial charge >= 0.3 is 11.6 Å². The summed E-state index contributed by atoms with van der Waals surface area (Å²) in [5, 5.41) is 10.3. The predicted octanol–water partition coefficient (Wildman–Crippen LogP) is 2.76. The fourth-order valence-electron chi connectivity index (χ4n) is 2.14. The second-order valence-corrected chi connectivity index (χ2v) is 4.73. The molecule has 0 bridgehead atoms. The summed E-state index contributed by atoms with van der Waals surface area (Å²) in [4.78, 5) is 23.4. The standard InChI is InChI=1S/C16H12O6/c1-9-12(17)5-4-11-10(7-14(18)22-15(9)11)8-21-16(19)13-3-2-6-20-13/h2-7,17H,8H2,1H3. The number of fused-ring (bicyclic) bond motifs is 1. The van der Waals surface area contributed by atoms with Crippen LogP contribution in [0, 0.1) is 6.92 Å². The van der Waals surface area contributed by atoms with E-state index in [4.69, 9.17) is 13.6 Å². The minimum absolute atomic E-state index is 0.0281. The van der Waals surface area contributed by atoms with E-state index in [-0.39, 0.29) is 23.7 Å². The van der Waals surface area contributed by atoms with E-state index < -0.39 is 11.6 Å². The van der Waals surface area contributed by atoms with Crippen molar-refractivity contribution in [2.75, 3.05) is 0 Å². The Bertz CT molecular complexity index is 889. The number of ether oxygens (including phenoxy) is 1. The Morgan fingerprint density at radius 3 is 2.86 bits per heavy atom. The van der Waals surface area contributed by atoms with E-state index in [0.29, 0.717) is 16.5 Å². The number of carbonyl (C=O) groups is 1. The maximum Gasteiger partial charge on any atom is 0.374 e. The number of rotatable bonds is 3. The second-order valence-electron chi connectivity index (χ2n) is 4.73. The molecule has 0 spiro atoms. The van der Waals surface area contributed by atoms with Crippen LogP contribution >= 0.6 is 0 Å². The molecule has 22 heavy (non-hydrogen) atoms. The number of hydrogen-bond donors (Lipinski definition) is 1. The largest absolute Gasteiger partial charge is 0.508 e. The van der Waals surface area contributed by atoms with Crippen molar-refractivity contribution in [1.82, 2.24) is 0 Å². The average molecular weight is 300 g/mol. The van der Waals surface area contributed by atoms with Crippen LogP contribution in [0.15, 0.2) is 50.2 Å². The lowest BCUT2D eigenvalue weighted by Crippen LogP contribution is -2.07. The number of esters is 1. The molecule has 1 N–H and O–H groups in total. The zero-order valence-electron chi connectivity index (χ0n) is 11.7. The van der Waals surface area contributed by atoms with Gasteiger partial charge in [-0.25, -0.2) is 9.59 Å². The lowest BCUT2D eigenvalue weighted by atomic mass is 10.1. The van der Waals surface area contributed by atoms with E-state index in [1.165, 1.54) is 24.5 Å². The number of benzene rings is 1. The van der Waals surface area contributed by atoms with Crippen molar-refractivity contribution in [3.63, 3.8) is 0 Å². The molecule has 0 unspecified atom stereocenters. The minimum Gasteiger partial charge on any atom is -0.508 e. The molecule has 3 rings (SSSR count). The smallest absolute Gasteiger partial charge is 0.374 e. The van der Waals surface area contributed by atoms with E-state index in [2.05, 4.69) is 0 Å². The predicted molar refractivity (Wildman–Crippen MR) is 76.7 cm³/mol. The van der Waals surface area contributed by atoms with E-state index in [0.717, 1.165) is 0 Å². The molecule has 112 valence electrons. The summed E-state index contributed by atoms with van der Waals surface area (Å²) in [6.45, 7) is 1.53. The molecule has 0 aliphatic carbocycles. The Balaban J connectivity index is 1.95. The number of phenolic OH excluding ortho intramolecular Hbond substituents is 1. The number of carbonyl (C=O) groups excluding carboxylic acids is 1. The zero-order valence-corrected chi connectivity index (χ0v) is 11.7. The molecular formula is C16H12O6. The monoisotopic (exact) mass is 300 g/mol. The Morgan fingerprint density at radius 2 is 2.14 bits per heavy atom. The Hall–Kier alpha value is -3.02. The summed E-state index contributed by atoms with van der Waals surface area (Å²) in [6, 6.07) is 7.43. The van der Waals surface area contributed by atoms with Gasteiger partial charge in [-0.1, -0.05) is 0 Å². The third kappa shape index (κ3) is 2.46. The molecule has 0 saturated carbocycles. The van der Waals surface area contributed by atoms with Gasteiger partial charge in [0.15, 0.2) is 0 Å². The van der Waals surface area contributed by atoms with Crippen LogP contribution in [-0.4, -0.2) is 11.1 Å². The summed E-state index contributed by atoms with van der Waals surface area (Å²) in [5.41, 5.74) is 0.643. The summed E-state index contributed by atoms with van der Waals surface area (Å²) in [5.74, 6) is -0.511. The first kappa shape index (κ1) is 13.9. The molecule has 0 amide bonds. The van der Waals surface area contributed by atoms with Gasteiger partial charge in [-0.15, -0.1) is 0 Å². The lowest BCUT2D eigenvalue weighted by Gasteiger charge is -2.08. The van der Waals surface area contributed by atoms with Crippen molar-refractivity contribution < 1.29 is 23.5 Å². The summed E-state index contributed by atoms with van der Waals surface area (Å²) < 4.78 is 15.2. The van der Waals surface area contributed by atoms with Gasteiger partial charge in [0.2, 0.25) is 5.76 Å². The highest BCUT2D eigenvalue weighted by molar-refractivity contribution is 5.87. The van der Waals surface area contributed by atoms with Crippen LogP contribution in [0.25, 0.3) is 11.0 Å². The second kappa shape index (κ2) is 5.40. The quantitative estimate of drug-likeness (QED) is 0.591. The Kier molecular flexibility index (Phi) is 3.42. The van der Waals surface area contributed by atoms with Crippen molar-refractivity contribution in [1.29, 1.82) is 0 Å². The van der Waals surface area contributed by atoms with E-state index in [1.807, 2.05) is 0 Å². The van der Waals surface area contributed by atoms with Crippen molar-refractivity contribution in [2.45, 2.75) is 13.5 Å². The van der Waals surface area contributed by atoms with E-state index in [1.54, 1.807) is 19.1 Å². The molecule has 0 aliphatic rings. The molecule has 6 nitrogen and oxygen atoms in total. The van der Waals surface area contributed by atoms with Crippen LogP contribution < -0.4 is 5.63 Å². The van der Waals surface area contributed by atoms with Gasteiger partial charge in [-0.2, -0.15) is 0 Å². The molecule has 0 fully saturated rings. The Morgan fingerprint density at radius 1 is 1.32 bits per heavy atom. The third-order valence-corrected chi connectivity index (χ3v) is 3.30. The highest BCUT2D eigenvalue weighted by Gasteiger charge is 2.14. The molecule has 0 atom stereocenters. The van der Waals surface area contributed by atoms with Crippen LogP contribution in [0.1, 0.15) is 21.7 Å². The van der Waals surface area contributed by atoms with Crippen LogP contribution in [-0.2, 0) is 11.3 Å². The van der Waals surface area contributed by atoms with Gasteiger partial charge < -0.3 is 18.7 Å². The fourth-order valence-corrected chi connectivity index (χ4v) is 2.14. The number of phenols is 1. The SMILES string of the molecule is Cc1c(O)ccc2c(COC(=O)c3ccco3)cc(=O)oc12. The minimum atomic E-state index is -0.623. The van der Waals surface area contributed by atoms with Crippen LogP contribution in [0.4, 0.5) is 0 Å². The molecule has 2 heterocycles. The van der Waals surface area contributed by atoms with Crippen LogP contribution in [0.2, 0.25) is 0 Å². The molecule has 0 radical (unpaired) electrons. The average Bonchev–Trinajstić information content (AvgIpc) is 3.03. The number of hydrogen-bond acceptors (Lipinski definition) is 6. The van der Waals surface area contributed by atoms with E-state index >= 15 is 0 Å². The first-order chi connectivity index (χ1) is 10.6. The van der Waals surface area contributed by atoms with Gasteiger partial charge in [0.1, 0.15) is 17.9 Å². The van der Waals surface area contributed by atoms with Crippen molar-refractivity contribution in [3.8, 4) is 5.75 Å². The number of aryl methyl sites for hydroxylation is 1. The molecule has 2 aromatic heterocycles. The van der Waals surface area contributed by atoms with Crippen molar-refractivity contribution >= 4 is 16.9 Å². The number of aromatic hydroxyl groups is 1. The Labute approximate surface area is 124 Å². The van der Waals surface area contributed by atoms with Gasteiger partial charge in [0, 0.05) is 22.6 Å². The molecule has 0 aliphatic heterocycles. The molecule has 6 heteroatoms. The normalized spacial score (nSPS) is 10.8. The van der Waals surface area contributed by atoms with Crippen molar-refractivity contribution in [2.24, 2.45) is 0 Å². The fraction of sp³-hybridized carbons (Fsp3) is 0.125. The molecule has 3 aromatic rings. The summed E-state index contributed by atoms with van der Waals surface area (Å²) in [6.07, 6.45) is 1.37. The van der Waals surface area contributed by atoms with Gasteiger partial charge in [0.05, 0.1) is 6.26 Å². The number of furan rings is 1. The van der Waals surface area contributed by atoms with Gasteiger partial charge in [0.25, 0.3) is 0 Å². The van der Waals surface area contributed by atoms with Gasteiger partial charge in [-0.05, 0) is 31.2 Å². The topological polar surface area (TPSA) is 89.9 Å². The summed E-state index contributed by atoms with van der Waals surface area (Å²) >= 11 is 0. The first-order valence-electron chi connectivity index (χ1n) is 6.52. The first-order valence-corrected chi connectivity index (χ1v) is 6.52. The highest BCUT2D eigenvalue weighted by atomic mass is 16.5. The third-order valence-electron chi connectivity index (χ3n) is 3.30. The van der Waals surface area contributed by atoms with E-state index in [9.17, 15) is 14.7 Å². The maximum absolute atomic E-state index is 11.8. The van der Waals surface area contributed by atoms with Gasteiger partial charge in [-0.3, -0.25) is 0 Å². The molecule has 0 saturated heterocycles.